The lowest BCUT2D eigenvalue weighted by molar-refractivity contribution is -0.115. The maximum atomic E-state index is 12.9. The van der Waals surface area contributed by atoms with Gasteiger partial charge in [-0.25, -0.2) is 0 Å². The van der Waals surface area contributed by atoms with Crippen molar-refractivity contribution in [2.75, 3.05) is 43.0 Å². The first-order chi connectivity index (χ1) is 16.1. The fourth-order valence-corrected chi connectivity index (χ4v) is 5.55. The minimum Gasteiger partial charge on any atom is -0.360 e. The molecular weight excluding hydrogens is 454 g/mol. The predicted octanol–water partition coefficient (Wildman–Crippen LogP) is 0.795. The van der Waals surface area contributed by atoms with E-state index in [4.69, 9.17) is 6.42 Å². The summed E-state index contributed by atoms with van der Waals surface area (Å²) in [6.45, 7) is 5.48. The molecule has 172 valence electrons. The van der Waals surface area contributed by atoms with E-state index in [1.165, 1.54) is 21.6 Å². The van der Waals surface area contributed by atoms with Gasteiger partial charge in [-0.15, -0.1) is 17.8 Å². The summed E-state index contributed by atoms with van der Waals surface area (Å²) in [7, 11) is 0. The van der Waals surface area contributed by atoms with E-state index in [0.717, 1.165) is 43.1 Å². The van der Waals surface area contributed by atoms with Crippen molar-refractivity contribution in [3.8, 4) is 18.4 Å². The minimum absolute atomic E-state index is 0.0132. The summed E-state index contributed by atoms with van der Waals surface area (Å²) in [5.41, 5.74) is 1.75. The first-order valence-corrected chi connectivity index (χ1v) is 12.8. The molecule has 1 amide bonds. The van der Waals surface area contributed by atoms with Crippen molar-refractivity contribution in [1.29, 1.82) is 5.26 Å². The number of carbonyl (C=O) groups excluding carboxylic acids is 1. The van der Waals surface area contributed by atoms with Gasteiger partial charge in [0.15, 0.2) is 5.57 Å². The molecule has 3 rings (SSSR count). The fourth-order valence-electron chi connectivity index (χ4n) is 3.49. The number of nitriles is 1. The number of hydrogen-bond acceptors (Lipinski definition) is 7. The van der Waals surface area contributed by atoms with Gasteiger partial charge >= 0.3 is 0 Å². The summed E-state index contributed by atoms with van der Waals surface area (Å²) in [4.78, 5) is 27.7. The molecule has 0 spiro atoms. The third kappa shape index (κ3) is 6.52. The van der Waals surface area contributed by atoms with E-state index in [0.29, 0.717) is 15.7 Å². The summed E-state index contributed by atoms with van der Waals surface area (Å²) >= 11 is 3.12. The number of thioether (sulfide) groups is 1. The lowest BCUT2D eigenvalue weighted by atomic mass is 10.1. The Hall–Kier alpha value is -2.98. The number of terminal acetylenes is 1. The maximum Gasteiger partial charge on any atom is 0.270 e. The first kappa shape index (κ1) is 24.7. The lowest BCUT2D eigenvalue weighted by Gasteiger charge is -2.26. The van der Waals surface area contributed by atoms with Crippen molar-refractivity contribution in [2.45, 2.75) is 19.9 Å². The smallest absolute Gasteiger partial charge is 0.270 e. The van der Waals surface area contributed by atoms with Crippen LogP contribution in [0.15, 0.2) is 29.1 Å². The third-order valence-electron chi connectivity index (χ3n) is 5.25. The zero-order valence-electron chi connectivity index (χ0n) is 18.6. The molecule has 1 aromatic carbocycles. The summed E-state index contributed by atoms with van der Waals surface area (Å²) in [5.74, 6) is 4.12. The topological polar surface area (TPSA) is 90.2 Å². The standard InChI is InChI=1S/C24H27N5O2S2/c1-3-9-26-22(30)20(16-25)24-29(4-2)23(31)21(33-24)17-27-19-7-5-6-18(15-19)8-10-28-11-13-32-14-12-28/h1,5-7,15,17,27H,4,8-14H2,2H3,(H,26,30). The Balaban J connectivity index is 1.82. The molecule has 2 N–H and O–H groups in total. The SMILES string of the molecule is C#CCNC(=O)C(C#N)=c1sc(=CNc2cccc(CCN3CCSCC3)c2)c(=O)n1CC. The summed E-state index contributed by atoms with van der Waals surface area (Å²) in [6.07, 6.45) is 7.79. The highest BCUT2D eigenvalue weighted by Crippen LogP contribution is 2.13. The number of thiazole rings is 1. The average molecular weight is 482 g/mol. The van der Waals surface area contributed by atoms with Crippen molar-refractivity contribution < 1.29 is 4.79 Å². The minimum atomic E-state index is -0.585. The van der Waals surface area contributed by atoms with Gasteiger partial charge in [-0.2, -0.15) is 17.0 Å². The molecule has 0 radical (unpaired) electrons. The third-order valence-corrected chi connectivity index (χ3v) is 7.32. The van der Waals surface area contributed by atoms with Crippen LogP contribution in [0.2, 0.25) is 0 Å². The monoisotopic (exact) mass is 481 g/mol. The van der Waals surface area contributed by atoms with Crippen LogP contribution < -0.4 is 25.4 Å². The van der Waals surface area contributed by atoms with Crippen LogP contribution in [0, 0.1) is 23.7 Å². The van der Waals surface area contributed by atoms with Crippen LogP contribution in [0.5, 0.6) is 0 Å². The Kier molecular flexibility index (Phi) is 9.20. The van der Waals surface area contributed by atoms with Gasteiger partial charge in [0.25, 0.3) is 11.5 Å². The number of amides is 1. The summed E-state index contributed by atoms with van der Waals surface area (Å²) in [5, 5.41) is 15.2. The van der Waals surface area contributed by atoms with Crippen LogP contribution in [0.3, 0.4) is 0 Å². The second kappa shape index (κ2) is 12.3. The number of carbonyl (C=O) groups is 1. The molecule has 0 atom stereocenters. The molecule has 7 nitrogen and oxygen atoms in total. The largest absolute Gasteiger partial charge is 0.360 e. The Morgan fingerprint density at radius 3 is 2.82 bits per heavy atom. The average Bonchev–Trinajstić information content (AvgIpc) is 3.16. The van der Waals surface area contributed by atoms with Crippen LogP contribution in [-0.4, -0.2) is 53.1 Å². The summed E-state index contributed by atoms with van der Waals surface area (Å²) in [6, 6.07) is 10.1. The van der Waals surface area contributed by atoms with Gasteiger partial charge in [-0.1, -0.05) is 18.1 Å². The van der Waals surface area contributed by atoms with Gasteiger partial charge < -0.3 is 15.5 Å². The molecule has 0 bridgehead atoms. The number of anilines is 1. The van der Waals surface area contributed by atoms with Gasteiger partial charge in [0.05, 0.1) is 6.54 Å². The number of rotatable bonds is 8. The quantitative estimate of drug-likeness (QED) is 0.542. The second-order valence-corrected chi connectivity index (χ2v) is 9.64. The van der Waals surface area contributed by atoms with Crippen LogP contribution in [0.25, 0.3) is 11.8 Å². The van der Waals surface area contributed by atoms with Crippen molar-refractivity contribution in [2.24, 2.45) is 0 Å². The normalized spacial score (nSPS) is 15.4. The Morgan fingerprint density at radius 2 is 2.12 bits per heavy atom. The van der Waals surface area contributed by atoms with Crippen LogP contribution in [0.1, 0.15) is 12.5 Å². The van der Waals surface area contributed by atoms with E-state index >= 15 is 0 Å². The molecule has 0 saturated carbocycles. The Labute approximate surface area is 201 Å². The number of hydrogen-bond donors (Lipinski definition) is 2. The maximum absolute atomic E-state index is 12.9. The van der Waals surface area contributed by atoms with Gasteiger partial charge in [0.1, 0.15) is 15.3 Å². The van der Waals surface area contributed by atoms with E-state index in [1.54, 1.807) is 13.1 Å². The van der Waals surface area contributed by atoms with E-state index in [9.17, 15) is 14.9 Å². The van der Waals surface area contributed by atoms with Crippen LogP contribution in [0.4, 0.5) is 5.69 Å². The van der Waals surface area contributed by atoms with Gasteiger partial charge in [-0.05, 0) is 31.0 Å². The highest BCUT2D eigenvalue weighted by molar-refractivity contribution is 7.99. The van der Waals surface area contributed by atoms with Gasteiger partial charge in [0.2, 0.25) is 0 Å². The summed E-state index contributed by atoms with van der Waals surface area (Å²) < 4.78 is 2.17. The molecule has 0 unspecified atom stereocenters. The van der Waals surface area contributed by atoms with Crippen molar-refractivity contribution >= 4 is 46.5 Å². The Bertz CT molecular complexity index is 1240. The lowest BCUT2D eigenvalue weighted by Crippen LogP contribution is -2.34. The first-order valence-electron chi connectivity index (χ1n) is 10.8. The van der Waals surface area contributed by atoms with E-state index in [1.807, 2.05) is 30.0 Å². The predicted molar refractivity (Wildman–Crippen MR) is 136 cm³/mol. The van der Waals surface area contributed by atoms with Gasteiger partial charge in [0, 0.05) is 49.6 Å². The van der Waals surface area contributed by atoms with Crippen molar-refractivity contribution in [3.05, 3.63) is 49.4 Å². The number of nitrogens with zero attached hydrogens (tertiary/aromatic N) is 3. The molecule has 9 heteroatoms. The highest BCUT2D eigenvalue weighted by Gasteiger charge is 2.15. The van der Waals surface area contributed by atoms with E-state index in [2.05, 4.69) is 33.6 Å². The second-order valence-electron chi connectivity index (χ2n) is 7.39. The zero-order valence-corrected chi connectivity index (χ0v) is 20.2. The fraction of sp³-hybridized carbons (Fsp3) is 0.375. The molecule has 1 aliphatic heterocycles. The van der Waals surface area contributed by atoms with Crippen molar-refractivity contribution in [3.63, 3.8) is 0 Å². The molecule has 33 heavy (non-hydrogen) atoms. The molecule has 2 heterocycles. The molecule has 0 aliphatic carbocycles. The molecule has 1 aliphatic rings. The number of aromatic nitrogens is 1. The van der Waals surface area contributed by atoms with E-state index < -0.39 is 5.91 Å². The van der Waals surface area contributed by atoms with Crippen LogP contribution >= 0.6 is 23.1 Å². The Morgan fingerprint density at radius 1 is 1.33 bits per heavy atom. The molecular formula is C24H27N5O2S2. The number of benzene rings is 1. The zero-order chi connectivity index (χ0) is 23.6. The molecule has 1 aromatic heterocycles. The molecule has 1 saturated heterocycles. The highest BCUT2D eigenvalue weighted by atomic mass is 32.2. The van der Waals surface area contributed by atoms with Gasteiger partial charge in [-0.3, -0.25) is 14.2 Å². The van der Waals surface area contributed by atoms with Crippen LogP contribution in [-0.2, 0) is 17.8 Å². The van der Waals surface area contributed by atoms with Crippen molar-refractivity contribution in [1.82, 2.24) is 14.8 Å². The van der Waals surface area contributed by atoms with E-state index in [-0.39, 0.29) is 17.7 Å². The number of nitrogens with one attached hydrogen (secondary N) is 2. The molecule has 1 fully saturated rings. The molecule has 2 aromatic rings.